The van der Waals surface area contributed by atoms with E-state index >= 15 is 0 Å². The number of aromatic nitrogens is 3. The smallest absolute Gasteiger partial charge is 0.245 e. The van der Waals surface area contributed by atoms with Gasteiger partial charge in [0.05, 0.1) is 5.56 Å². The topological polar surface area (TPSA) is 56.8 Å². The number of halogens is 2. The third-order valence-electron chi connectivity index (χ3n) is 3.65. The largest absolute Gasteiger partial charge is 0.337 e. The van der Waals surface area contributed by atoms with Gasteiger partial charge >= 0.3 is 0 Å². The van der Waals surface area contributed by atoms with Crippen LogP contribution in [0.4, 0.5) is 14.7 Å². The van der Waals surface area contributed by atoms with Gasteiger partial charge < -0.3 is 10.2 Å². The maximum atomic E-state index is 14.1. The minimum absolute atomic E-state index is 0.120. The summed E-state index contributed by atoms with van der Waals surface area (Å²) in [7, 11) is 0. The molecule has 3 rings (SSSR count). The fourth-order valence-corrected chi connectivity index (χ4v) is 2.49. The lowest BCUT2D eigenvalue weighted by atomic mass is 10.1. The Hall–Kier alpha value is -2.02. The van der Waals surface area contributed by atoms with Crippen molar-refractivity contribution in [3.05, 3.63) is 29.3 Å². The molecule has 2 heterocycles. The molecule has 7 heteroatoms. The van der Waals surface area contributed by atoms with Crippen LogP contribution in [-0.2, 0) is 0 Å². The van der Waals surface area contributed by atoms with Crippen molar-refractivity contribution >= 4 is 5.95 Å². The zero-order valence-corrected chi connectivity index (χ0v) is 12.0. The zero-order valence-electron chi connectivity index (χ0n) is 12.0. The fourth-order valence-electron chi connectivity index (χ4n) is 2.49. The number of hydrogen-bond donors (Lipinski definition) is 2. The number of aromatic amines is 1. The first-order chi connectivity index (χ1) is 10.1. The van der Waals surface area contributed by atoms with Crippen LogP contribution in [-0.4, -0.2) is 40.9 Å². The highest BCUT2D eigenvalue weighted by Gasteiger charge is 2.22. The number of rotatable bonds is 2. The van der Waals surface area contributed by atoms with E-state index in [2.05, 4.69) is 27.4 Å². The summed E-state index contributed by atoms with van der Waals surface area (Å²) in [6.07, 6.45) is 0. The second kappa shape index (κ2) is 5.40. The number of H-pyrrole nitrogens is 1. The van der Waals surface area contributed by atoms with Crippen LogP contribution in [0.2, 0.25) is 0 Å². The summed E-state index contributed by atoms with van der Waals surface area (Å²) in [5, 5.41) is 10.0. The van der Waals surface area contributed by atoms with Gasteiger partial charge in [-0.3, -0.25) is 5.10 Å². The maximum Gasteiger partial charge on any atom is 0.245 e. The molecule has 1 saturated heterocycles. The molecule has 5 nitrogen and oxygen atoms in total. The molecule has 1 aliphatic heterocycles. The SMILES string of the molecule is Cc1ccc(F)c(-c2nc(N3CCN[C@@H](C)C3)n[nH]2)c1F. The van der Waals surface area contributed by atoms with Gasteiger partial charge in [0, 0.05) is 25.7 Å². The molecule has 0 spiro atoms. The third-order valence-corrected chi connectivity index (χ3v) is 3.65. The van der Waals surface area contributed by atoms with E-state index in [4.69, 9.17) is 0 Å². The molecule has 0 saturated carbocycles. The first-order valence-electron chi connectivity index (χ1n) is 6.92. The van der Waals surface area contributed by atoms with Gasteiger partial charge in [-0.2, -0.15) is 4.98 Å². The molecule has 2 N–H and O–H groups in total. The minimum Gasteiger partial charge on any atom is -0.337 e. The number of anilines is 1. The number of nitrogens with one attached hydrogen (secondary N) is 2. The van der Waals surface area contributed by atoms with Gasteiger partial charge in [0.1, 0.15) is 11.6 Å². The fraction of sp³-hybridized carbons (Fsp3) is 0.429. The van der Waals surface area contributed by atoms with Crippen molar-refractivity contribution in [3.63, 3.8) is 0 Å². The minimum atomic E-state index is -0.644. The predicted octanol–water partition coefficient (Wildman–Crippen LogP) is 1.86. The number of aryl methyl sites for hydroxylation is 1. The predicted molar refractivity (Wildman–Crippen MR) is 76.1 cm³/mol. The summed E-state index contributed by atoms with van der Waals surface area (Å²) in [6.45, 7) is 6.02. The number of piperazine rings is 1. The zero-order chi connectivity index (χ0) is 15.0. The Morgan fingerprint density at radius 1 is 1.33 bits per heavy atom. The second-order valence-corrected chi connectivity index (χ2v) is 5.34. The average Bonchev–Trinajstić information content (AvgIpc) is 2.93. The van der Waals surface area contributed by atoms with Gasteiger partial charge in [-0.05, 0) is 25.5 Å². The second-order valence-electron chi connectivity index (χ2n) is 5.34. The Morgan fingerprint density at radius 3 is 2.90 bits per heavy atom. The number of benzene rings is 1. The van der Waals surface area contributed by atoms with E-state index in [1.807, 2.05) is 4.90 Å². The average molecular weight is 293 g/mol. The molecule has 0 aliphatic carbocycles. The van der Waals surface area contributed by atoms with Gasteiger partial charge in [0.25, 0.3) is 0 Å². The summed E-state index contributed by atoms with van der Waals surface area (Å²) < 4.78 is 28.0. The van der Waals surface area contributed by atoms with Crippen LogP contribution >= 0.6 is 0 Å². The molecule has 1 aromatic carbocycles. The first-order valence-corrected chi connectivity index (χ1v) is 6.92. The van der Waals surface area contributed by atoms with E-state index in [9.17, 15) is 8.78 Å². The first kappa shape index (κ1) is 13.9. The van der Waals surface area contributed by atoms with Crippen molar-refractivity contribution in [1.82, 2.24) is 20.5 Å². The molecule has 1 aromatic heterocycles. The van der Waals surface area contributed by atoms with Crippen molar-refractivity contribution < 1.29 is 8.78 Å². The highest BCUT2D eigenvalue weighted by molar-refractivity contribution is 5.59. The molecule has 21 heavy (non-hydrogen) atoms. The molecule has 0 amide bonds. The van der Waals surface area contributed by atoms with Crippen LogP contribution in [0.25, 0.3) is 11.4 Å². The Morgan fingerprint density at radius 2 is 2.14 bits per heavy atom. The summed E-state index contributed by atoms with van der Waals surface area (Å²) in [5.74, 6) is -0.658. The van der Waals surface area contributed by atoms with Crippen LogP contribution in [0.3, 0.4) is 0 Å². The Kier molecular flexibility index (Phi) is 3.59. The van der Waals surface area contributed by atoms with Crippen LogP contribution in [0.5, 0.6) is 0 Å². The van der Waals surface area contributed by atoms with Gasteiger partial charge in [0.2, 0.25) is 5.95 Å². The highest BCUT2D eigenvalue weighted by atomic mass is 19.1. The summed E-state index contributed by atoms with van der Waals surface area (Å²) >= 11 is 0. The normalized spacial score (nSPS) is 19.0. The standard InChI is InChI=1S/C14H17F2N5/c1-8-3-4-10(15)11(12(8)16)13-18-14(20-19-13)21-6-5-17-9(2)7-21/h3-4,9,17H,5-7H2,1-2H3,(H,18,19,20)/t9-/m0/s1. The number of nitrogens with zero attached hydrogens (tertiary/aromatic N) is 3. The monoisotopic (exact) mass is 293 g/mol. The molecule has 0 radical (unpaired) electrons. The van der Waals surface area contributed by atoms with E-state index in [1.165, 1.54) is 12.1 Å². The van der Waals surface area contributed by atoms with E-state index in [1.54, 1.807) is 6.92 Å². The van der Waals surface area contributed by atoms with Crippen molar-refractivity contribution in [2.24, 2.45) is 0 Å². The lowest BCUT2D eigenvalue weighted by molar-refractivity contribution is 0.480. The number of hydrogen-bond acceptors (Lipinski definition) is 4. The Labute approximate surface area is 121 Å². The van der Waals surface area contributed by atoms with Crippen molar-refractivity contribution in [2.45, 2.75) is 19.9 Å². The Balaban J connectivity index is 1.94. The van der Waals surface area contributed by atoms with Gasteiger partial charge in [-0.25, -0.2) is 8.78 Å². The van der Waals surface area contributed by atoms with Crippen molar-refractivity contribution in [1.29, 1.82) is 0 Å². The molecule has 1 fully saturated rings. The lowest BCUT2D eigenvalue weighted by Gasteiger charge is -2.30. The molecule has 0 unspecified atom stereocenters. The van der Waals surface area contributed by atoms with Crippen LogP contribution < -0.4 is 10.2 Å². The van der Waals surface area contributed by atoms with Crippen LogP contribution in [0.15, 0.2) is 12.1 Å². The summed E-state index contributed by atoms with van der Waals surface area (Å²) in [5.41, 5.74) is 0.220. The van der Waals surface area contributed by atoms with E-state index in [-0.39, 0.29) is 11.4 Å². The molecule has 1 aliphatic rings. The van der Waals surface area contributed by atoms with Crippen LogP contribution in [0, 0.1) is 18.6 Å². The van der Waals surface area contributed by atoms with Crippen LogP contribution in [0.1, 0.15) is 12.5 Å². The summed E-state index contributed by atoms with van der Waals surface area (Å²) in [4.78, 5) is 6.25. The third kappa shape index (κ3) is 2.61. The maximum absolute atomic E-state index is 14.1. The highest BCUT2D eigenvalue weighted by Crippen LogP contribution is 2.26. The van der Waals surface area contributed by atoms with E-state index in [0.29, 0.717) is 17.6 Å². The van der Waals surface area contributed by atoms with Gasteiger partial charge in [-0.15, -0.1) is 5.10 Å². The molecular weight excluding hydrogens is 276 g/mol. The van der Waals surface area contributed by atoms with Crippen molar-refractivity contribution in [3.8, 4) is 11.4 Å². The van der Waals surface area contributed by atoms with Gasteiger partial charge in [0.15, 0.2) is 5.82 Å². The Bertz CT molecular complexity index is 655. The molecular formula is C14H17F2N5. The molecule has 112 valence electrons. The van der Waals surface area contributed by atoms with E-state index in [0.717, 1.165) is 19.6 Å². The van der Waals surface area contributed by atoms with Gasteiger partial charge in [-0.1, -0.05) is 6.07 Å². The molecule has 2 aromatic rings. The molecule has 1 atom stereocenters. The lowest BCUT2D eigenvalue weighted by Crippen LogP contribution is -2.49. The molecule has 0 bridgehead atoms. The van der Waals surface area contributed by atoms with E-state index < -0.39 is 11.6 Å². The summed E-state index contributed by atoms with van der Waals surface area (Å²) in [6, 6.07) is 2.97. The quantitative estimate of drug-likeness (QED) is 0.887. The van der Waals surface area contributed by atoms with Crippen molar-refractivity contribution in [2.75, 3.05) is 24.5 Å².